The van der Waals surface area contributed by atoms with E-state index in [0.29, 0.717) is 34.4 Å². The van der Waals surface area contributed by atoms with E-state index in [4.69, 9.17) is 0 Å². The van der Waals surface area contributed by atoms with Crippen molar-refractivity contribution < 1.29 is 22.7 Å². The fourth-order valence-corrected chi connectivity index (χ4v) is 6.88. The number of carbonyl (C=O) groups excluding carboxylic acids is 1. The Labute approximate surface area is 175 Å². The van der Waals surface area contributed by atoms with Crippen molar-refractivity contribution in [3.8, 4) is 11.4 Å². The molecule has 1 heterocycles. The zero-order valence-electron chi connectivity index (χ0n) is 16.1. The molecular weight excluding hydrogens is 417 g/mol. The summed E-state index contributed by atoms with van der Waals surface area (Å²) in [5.74, 6) is 2.39. The number of carbonyl (C=O) groups is 1. The molecule has 0 amide bonds. The third-order valence-corrected chi connectivity index (χ3v) is 7.64. The highest BCUT2D eigenvalue weighted by atomic mass is 32.2. The van der Waals surface area contributed by atoms with Gasteiger partial charge in [-0.2, -0.15) is 4.68 Å². The summed E-state index contributed by atoms with van der Waals surface area (Å²) < 4.78 is 42.3. The van der Waals surface area contributed by atoms with Crippen LogP contribution in [0.3, 0.4) is 0 Å². The summed E-state index contributed by atoms with van der Waals surface area (Å²) >= 11 is 1.29. The molecule has 0 radical (unpaired) electrons. The van der Waals surface area contributed by atoms with Gasteiger partial charge in [0.2, 0.25) is 5.16 Å². The lowest BCUT2D eigenvalue weighted by molar-refractivity contribution is -0.274. The first-order chi connectivity index (χ1) is 14.3. The van der Waals surface area contributed by atoms with E-state index in [1.54, 1.807) is 0 Å². The average Bonchev–Trinajstić information content (AvgIpc) is 3.13. The summed E-state index contributed by atoms with van der Waals surface area (Å²) in [5, 5.41) is 12.0. The van der Waals surface area contributed by atoms with Crippen LogP contribution < -0.4 is 4.74 Å². The van der Waals surface area contributed by atoms with E-state index in [1.165, 1.54) is 60.0 Å². The summed E-state index contributed by atoms with van der Waals surface area (Å²) in [5.41, 5.74) is 0.329. The molecular formula is C20H21F3N4O2S. The van der Waals surface area contributed by atoms with Crippen LogP contribution in [-0.4, -0.2) is 38.1 Å². The summed E-state index contributed by atoms with van der Waals surface area (Å²) in [7, 11) is 0. The van der Waals surface area contributed by atoms with Crippen molar-refractivity contribution in [1.82, 2.24) is 20.2 Å². The van der Waals surface area contributed by atoms with Gasteiger partial charge in [-0.3, -0.25) is 4.79 Å². The Hall–Kier alpha value is -2.10. The maximum absolute atomic E-state index is 13.2. The number of thioether (sulfide) groups is 1. The molecule has 4 aliphatic carbocycles. The number of alkyl halides is 3. The van der Waals surface area contributed by atoms with Gasteiger partial charge < -0.3 is 4.74 Å². The molecule has 4 bridgehead atoms. The first kappa shape index (κ1) is 19.8. The number of nitrogens with zero attached hydrogens (tertiary/aromatic N) is 4. The number of Topliss-reactive ketones (excluding diaryl/α,β-unsaturated/α-hetero) is 1. The molecule has 6 nitrogen and oxygen atoms in total. The molecule has 1 aromatic heterocycles. The first-order valence-corrected chi connectivity index (χ1v) is 11.1. The molecule has 4 aliphatic rings. The smallest absolute Gasteiger partial charge is 0.406 e. The molecule has 0 saturated heterocycles. The van der Waals surface area contributed by atoms with Gasteiger partial charge in [0.1, 0.15) is 11.5 Å². The number of hydrogen-bond acceptors (Lipinski definition) is 6. The van der Waals surface area contributed by atoms with Crippen LogP contribution in [0.2, 0.25) is 0 Å². The SMILES string of the molecule is O=C(CSc1nnnn1-c1ccc(OC(F)(F)F)cc1)C12CC3CC(CC(C3)C1)C2. The fourth-order valence-electron chi connectivity index (χ4n) is 5.96. The van der Waals surface area contributed by atoms with E-state index < -0.39 is 6.36 Å². The van der Waals surface area contributed by atoms with E-state index in [9.17, 15) is 18.0 Å². The first-order valence-electron chi connectivity index (χ1n) is 10.1. The van der Waals surface area contributed by atoms with Crippen LogP contribution in [0.1, 0.15) is 38.5 Å². The van der Waals surface area contributed by atoms with Crippen molar-refractivity contribution in [3.63, 3.8) is 0 Å². The van der Waals surface area contributed by atoms with E-state index in [0.717, 1.165) is 19.3 Å². The minimum absolute atomic E-state index is 0.170. The Morgan fingerprint density at radius 1 is 1.10 bits per heavy atom. The van der Waals surface area contributed by atoms with Crippen LogP contribution in [0.5, 0.6) is 5.75 Å². The molecule has 1 aromatic carbocycles. The Morgan fingerprint density at radius 3 is 2.27 bits per heavy atom. The van der Waals surface area contributed by atoms with Crippen molar-refractivity contribution in [1.29, 1.82) is 0 Å². The number of tetrazole rings is 1. The van der Waals surface area contributed by atoms with Crippen molar-refractivity contribution in [2.75, 3.05) is 5.75 Å². The minimum atomic E-state index is -4.74. The lowest BCUT2D eigenvalue weighted by Gasteiger charge is -2.56. The van der Waals surface area contributed by atoms with Gasteiger partial charge in [0, 0.05) is 5.41 Å². The lowest BCUT2D eigenvalue weighted by Crippen LogP contribution is -2.50. The van der Waals surface area contributed by atoms with Crippen LogP contribution >= 0.6 is 11.8 Å². The van der Waals surface area contributed by atoms with Gasteiger partial charge in [0.15, 0.2) is 0 Å². The zero-order chi connectivity index (χ0) is 20.9. The Morgan fingerprint density at radius 2 is 1.70 bits per heavy atom. The fraction of sp³-hybridized carbons (Fsp3) is 0.600. The number of hydrogen-bond donors (Lipinski definition) is 0. The molecule has 30 heavy (non-hydrogen) atoms. The van der Waals surface area contributed by atoms with Gasteiger partial charge in [-0.05, 0) is 91.0 Å². The molecule has 0 unspecified atom stereocenters. The van der Waals surface area contributed by atoms with Crippen LogP contribution in [0.25, 0.3) is 5.69 Å². The molecule has 0 spiro atoms. The van der Waals surface area contributed by atoms with Gasteiger partial charge in [-0.25, -0.2) is 0 Å². The van der Waals surface area contributed by atoms with Crippen molar-refractivity contribution in [2.45, 2.75) is 50.0 Å². The normalized spacial score (nSPS) is 29.9. The van der Waals surface area contributed by atoms with Crippen molar-refractivity contribution >= 4 is 17.5 Å². The standard InChI is InChI=1S/C20H21F3N4O2S/c21-20(22,23)29-16-3-1-15(2-4-16)27-18(24-25-26-27)30-11-17(28)19-8-12-5-13(9-19)7-14(6-12)10-19/h1-4,12-14H,5-11H2. The summed E-state index contributed by atoms with van der Waals surface area (Å²) in [6, 6.07) is 5.31. The number of rotatable bonds is 6. The molecule has 10 heteroatoms. The molecule has 160 valence electrons. The van der Waals surface area contributed by atoms with Gasteiger partial charge in [-0.1, -0.05) is 11.8 Å². The Kier molecular flexibility index (Phi) is 4.79. The Balaban J connectivity index is 1.26. The molecule has 2 aromatic rings. The van der Waals surface area contributed by atoms with Gasteiger partial charge in [-0.15, -0.1) is 18.3 Å². The number of benzene rings is 1. The highest BCUT2D eigenvalue weighted by Gasteiger charge is 2.54. The maximum Gasteiger partial charge on any atom is 0.573 e. The van der Waals surface area contributed by atoms with Gasteiger partial charge >= 0.3 is 6.36 Å². The molecule has 6 rings (SSSR count). The van der Waals surface area contributed by atoms with E-state index in [2.05, 4.69) is 20.3 Å². The minimum Gasteiger partial charge on any atom is -0.406 e. The lowest BCUT2D eigenvalue weighted by atomic mass is 9.48. The number of halogens is 3. The zero-order valence-corrected chi connectivity index (χ0v) is 17.0. The van der Waals surface area contributed by atoms with Crippen LogP contribution in [0, 0.1) is 23.2 Å². The van der Waals surface area contributed by atoms with Crippen LogP contribution in [-0.2, 0) is 4.79 Å². The van der Waals surface area contributed by atoms with E-state index >= 15 is 0 Å². The van der Waals surface area contributed by atoms with Crippen molar-refractivity contribution in [3.05, 3.63) is 24.3 Å². The highest BCUT2D eigenvalue weighted by molar-refractivity contribution is 7.99. The third-order valence-electron chi connectivity index (χ3n) is 6.72. The third kappa shape index (κ3) is 3.81. The summed E-state index contributed by atoms with van der Waals surface area (Å²) in [6.07, 6.45) is 2.16. The highest BCUT2D eigenvalue weighted by Crippen LogP contribution is 2.60. The van der Waals surface area contributed by atoms with Gasteiger partial charge in [0.25, 0.3) is 0 Å². The molecule has 0 aliphatic heterocycles. The average molecular weight is 438 g/mol. The molecule has 4 saturated carbocycles. The van der Waals surface area contributed by atoms with Gasteiger partial charge in [0.05, 0.1) is 11.4 Å². The van der Waals surface area contributed by atoms with E-state index in [-0.39, 0.29) is 16.9 Å². The second kappa shape index (κ2) is 7.25. The number of aromatic nitrogens is 4. The Bertz CT molecular complexity index is 909. The topological polar surface area (TPSA) is 69.9 Å². The quantitative estimate of drug-likeness (QED) is 0.621. The number of ketones is 1. The second-order valence-corrected chi connectivity index (χ2v) is 9.77. The summed E-state index contributed by atoms with van der Waals surface area (Å²) in [6.45, 7) is 0. The van der Waals surface area contributed by atoms with Crippen LogP contribution in [0.15, 0.2) is 29.4 Å². The predicted octanol–water partition coefficient (Wildman–Crippen LogP) is 4.44. The molecule has 4 fully saturated rings. The maximum atomic E-state index is 13.2. The van der Waals surface area contributed by atoms with E-state index in [1.807, 2.05) is 0 Å². The van der Waals surface area contributed by atoms with Crippen molar-refractivity contribution in [2.24, 2.45) is 23.2 Å². The van der Waals surface area contributed by atoms with Crippen LogP contribution in [0.4, 0.5) is 13.2 Å². The summed E-state index contributed by atoms with van der Waals surface area (Å²) in [4.78, 5) is 13.2. The monoisotopic (exact) mass is 438 g/mol. The number of ether oxygens (including phenoxy) is 1. The predicted molar refractivity (Wildman–Crippen MR) is 102 cm³/mol. The molecule has 0 N–H and O–H groups in total. The largest absolute Gasteiger partial charge is 0.573 e. The molecule has 0 atom stereocenters. The second-order valence-electron chi connectivity index (χ2n) is 8.82.